The molecule has 8 nitrogen and oxygen atoms in total. The molecule has 0 aromatic heterocycles. The van der Waals surface area contributed by atoms with Gasteiger partial charge < -0.3 is 18.9 Å². The maximum atomic E-state index is 12.5. The molecule has 0 amide bonds. The lowest BCUT2D eigenvalue weighted by Crippen LogP contribution is -2.55. The zero-order valence-corrected chi connectivity index (χ0v) is 21.8. The van der Waals surface area contributed by atoms with Gasteiger partial charge in [0.25, 0.3) is 0 Å². The molecule has 1 fully saturated rings. The fraction of sp³-hybridized carbons (Fsp3) is 0.880. The molecular formula is C25H45NO7. The van der Waals surface area contributed by atoms with Crippen molar-refractivity contribution in [1.29, 1.82) is 0 Å². The maximum Gasteiger partial charge on any atom is 0.320 e. The van der Waals surface area contributed by atoms with Crippen LogP contribution in [0.3, 0.4) is 0 Å². The molecule has 1 rings (SSSR count). The number of nitrogens with zero attached hydrogens (tertiary/aromatic N) is 1. The minimum absolute atomic E-state index is 0.0161. The van der Waals surface area contributed by atoms with Crippen molar-refractivity contribution in [2.24, 2.45) is 11.8 Å². The average molecular weight is 472 g/mol. The Morgan fingerprint density at radius 3 is 2.06 bits per heavy atom. The van der Waals surface area contributed by atoms with E-state index in [2.05, 4.69) is 11.8 Å². The Morgan fingerprint density at radius 1 is 0.909 bits per heavy atom. The highest BCUT2D eigenvalue weighted by Crippen LogP contribution is 2.34. The van der Waals surface area contributed by atoms with E-state index in [1.807, 2.05) is 34.6 Å². The Morgan fingerprint density at radius 2 is 1.52 bits per heavy atom. The summed E-state index contributed by atoms with van der Waals surface area (Å²) in [5, 5.41) is 0. The topological polar surface area (TPSA) is 91.4 Å². The molecular weight excluding hydrogens is 426 g/mol. The summed E-state index contributed by atoms with van der Waals surface area (Å²) in [6, 6.07) is 0. The fourth-order valence-corrected chi connectivity index (χ4v) is 4.07. The molecule has 0 aliphatic carbocycles. The first-order valence-corrected chi connectivity index (χ1v) is 12.3. The van der Waals surface area contributed by atoms with Crippen LogP contribution in [0.25, 0.3) is 0 Å². The van der Waals surface area contributed by atoms with Gasteiger partial charge in [-0.2, -0.15) is 0 Å². The molecule has 1 aliphatic heterocycles. The zero-order chi connectivity index (χ0) is 25.2. The third-order valence-electron chi connectivity index (χ3n) is 5.88. The van der Waals surface area contributed by atoms with Gasteiger partial charge in [-0.15, -0.1) is 0 Å². The van der Waals surface area contributed by atoms with Crippen molar-refractivity contribution in [3.8, 4) is 0 Å². The molecule has 1 aliphatic rings. The van der Waals surface area contributed by atoms with Crippen LogP contribution in [-0.2, 0) is 33.3 Å². The molecule has 0 aromatic carbocycles. The minimum atomic E-state index is -0.976. The number of hydrogen-bond acceptors (Lipinski definition) is 8. The highest BCUT2D eigenvalue weighted by Gasteiger charge is 2.45. The summed E-state index contributed by atoms with van der Waals surface area (Å²) in [4.78, 5) is 37.9. The summed E-state index contributed by atoms with van der Waals surface area (Å²) < 4.78 is 22.5. The second-order valence-electron chi connectivity index (χ2n) is 10.2. The van der Waals surface area contributed by atoms with E-state index in [-0.39, 0.29) is 30.5 Å². The summed E-state index contributed by atoms with van der Waals surface area (Å²) in [6.07, 6.45) is 3.67. The number of unbranched alkanes of at least 4 members (excludes halogenated alkanes) is 4. The molecule has 192 valence electrons. The van der Waals surface area contributed by atoms with E-state index in [9.17, 15) is 14.4 Å². The predicted octanol–water partition coefficient (Wildman–Crippen LogP) is 4.09. The first-order valence-electron chi connectivity index (χ1n) is 12.3. The van der Waals surface area contributed by atoms with Gasteiger partial charge in [-0.3, -0.25) is 19.3 Å². The molecule has 2 unspecified atom stereocenters. The molecule has 8 heteroatoms. The van der Waals surface area contributed by atoms with Crippen LogP contribution in [0.4, 0.5) is 0 Å². The van der Waals surface area contributed by atoms with Crippen LogP contribution in [0, 0.1) is 11.8 Å². The van der Waals surface area contributed by atoms with Crippen molar-refractivity contribution >= 4 is 17.9 Å². The minimum Gasteiger partial charge on any atom is -0.459 e. The zero-order valence-electron chi connectivity index (χ0n) is 21.8. The Labute approximate surface area is 199 Å². The number of carbonyl (C=O) groups is 3. The monoisotopic (exact) mass is 471 g/mol. The van der Waals surface area contributed by atoms with Gasteiger partial charge in [-0.1, -0.05) is 46.5 Å². The Hall–Kier alpha value is -1.67. The van der Waals surface area contributed by atoms with Gasteiger partial charge in [0.05, 0.1) is 12.6 Å². The lowest BCUT2D eigenvalue weighted by atomic mass is 9.83. The van der Waals surface area contributed by atoms with Crippen LogP contribution in [0.15, 0.2) is 0 Å². The van der Waals surface area contributed by atoms with Crippen molar-refractivity contribution in [3.05, 3.63) is 0 Å². The van der Waals surface area contributed by atoms with Gasteiger partial charge in [0.15, 0.2) is 6.10 Å². The SMILES string of the molecule is CCCCCCCN(CC(=O)OC(C)(C)C)CC1O[C@@H](OC(C)=O)C(OC(C)=O)[C@@H](C)[C@@H]1C. The number of hydrogen-bond donors (Lipinski definition) is 0. The molecule has 1 heterocycles. The molecule has 0 saturated carbocycles. The number of esters is 3. The molecule has 33 heavy (non-hydrogen) atoms. The molecule has 0 bridgehead atoms. The number of carbonyl (C=O) groups excluding carboxylic acids is 3. The predicted molar refractivity (Wildman–Crippen MR) is 125 cm³/mol. The van der Waals surface area contributed by atoms with Crippen molar-refractivity contribution < 1.29 is 33.3 Å². The molecule has 1 saturated heterocycles. The second kappa shape index (κ2) is 13.9. The third-order valence-corrected chi connectivity index (χ3v) is 5.88. The van der Waals surface area contributed by atoms with E-state index in [1.165, 1.54) is 33.1 Å². The molecule has 0 spiro atoms. The van der Waals surface area contributed by atoms with E-state index < -0.39 is 29.9 Å². The average Bonchev–Trinajstić information content (AvgIpc) is 2.66. The normalized spacial score (nSPS) is 25.5. The summed E-state index contributed by atoms with van der Waals surface area (Å²) in [7, 11) is 0. The van der Waals surface area contributed by atoms with Gasteiger partial charge in [0, 0.05) is 26.3 Å². The van der Waals surface area contributed by atoms with Crippen LogP contribution in [0.2, 0.25) is 0 Å². The van der Waals surface area contributed by atoms with E-state index in [0.29, 0.717) is 6.54 Å². The van der Waals surface area contributed by atoms with Gasteiger partial charge in [0.1, 0.15) is 5.60 Å². The number of ether oxygens (including phenoxy) is 4. The lowest BCUT2D eigenvalue weighted by molar-refractivity contribution is -0.268. The molecule has 0 N–H and O–H groups in total. The van der Waals surface area contributed by atoms with Gasteiger partial charge in [0.2, 0.25) is 6.29 Å². The smallest absolute Gasteiger partial charge is 0.320 e. The first-order chi connectivity index (χ1) is 15.3. The van der Waals surface area contributed by atoms with Gasteiger partial charge >= 0.3 is 17.9 Å². The van der Waals surface area contributed by atoms with Crippen LogP contribution < -0.4 is 0 Å². The van der Waals surface area contributed by atoms with Gasteiger partial charge in [-0.25, -0.2) is 0 Å². The highest BCUT2D eigenvalue weighted by molar-refractivity contribution is 5.72. The van der Waals surface area contributed by atoms with Crippen LogP contribution >= 0.6 is 0 Å². The largest absolute Gasteiger partial charge is 0.459 e. The molecule has 5 atom stereocenters. The standard InChI is InChI=1S/C25H45NO7/c1-9-10-11-12-13-14-26(16-22(29)33-25(6,7)8)15-21-17(2)18(3)23(30-19(4)27)24(32-21)31-20(5)28/h17-18,21,23-24H,9-16H2,1-8H3/t17-,18-,21?,23?,24+/m0/s1. The highest BCUT2D eigenvalue weighted by atomic mass is 16.7. The van der Waals surface area contributed by atoms with Crippen LogP contribution in [0.1, 0.15) is 87.5 Å². The summed E-state index contributed by atoms with van der Waals surface area (Å²) in [5.74, 6) is -1.30. The van der Waals surface area contributed by atoms with E-state index in [1.54, 1.807) is 0 Å². The quantitative estimate of drug-likeness (QED) is 0.239. The van der Waals surface area contributed by atoms with Crippen molar-refractivity contribution in [2.75, 3.05) is 19.6 Å². The Balaban J connectivity index is 2.93. The number of rotatable bonds is 12. The van der Waals surface area contributed by atoms with Crippen molar-refractivity contribution in [1.82, 2.24) is 4.90 Å². The second-order valence-corrected chi connectivity index (χ2v) is 10.2. The van der Waals surface area contributed by atoms with Crippen LogP contribution in [0.5, 0.6) is 0 Å². The Bertz CT molecular complexity index is 631. The van der Waals surface area contributed by atoms with Gasteiger partial charge in [-0.05, 0) is 39.7 Å². The lowest BCUT2D eigenvalue weighted by Gasteiger charge is -2.44. The van der Waals surface area contributed by atoms with Crippen LogP contribution in [-0.4, -0.2) is 66.5 Å². The Kier molecular flexibility index (Phi) is 12.4. The molecule has 0 aromatic rings. The fourth-order valence-electron chi connectivity index (χ4n) is 4.07. The maximum absolute atomic E-state index is 12.5. The first kappa shape index (κ1) is 29.4. The van der Waals surface area contributed by atoms with E-state index in [4.69, 9.17) is 18.9 Å². The van der Waals surface area contributed by atoms with E-state index in [0.717, 1.165) is 19.4 Å². The van der Waals surface area contributed by atoms with Crippen molar-refractivity contribution in [2.45, 2.75) is 112 Å². The van der Waals surface area contributed by atoms with Crippen molar-refractivity contribution in [3.63, 3.8) is 0 Å². The molecule has 0 radical (unpaired) electrons. The summed E-state index contributed by atoms with van der Waals surface area (Å²) in [6.45, 7) is 15.8. The summed E-state index contributed by atoms with van der Waals surface area (Å²) >= 11 is 0. The third kappa shape index (κ3) is 11.3. The van der Waals surface area contributed by atoms with E-state index >= 15 is 0 Å². The summed E-state index contributed by atoms with van der Waals surface area (Å²) in [5.41, 5.74) is -0.551.